The third-order valence-corrected chi connectivity index (χ3v) is 5.06. The van der Waals surface area contributed by atoms with Gasteiger partial charge >= 0.3 is 5.97 Å². The lowest BCUT2D eigenvalue weighted by Crippen LogP contribution is -2.49. The lowest BCUT2D eigenvalue weighted by molar-refractivity contribution is -0.121. The lowest BCUT2D eigenvalue weighted by Gasteiger charge is -2.38. The Hall–Kier alpha value is -2.77. The van der Waals surface area contributed by atoms with Crippen molar-refractivity contribution in [1.29, 1.82) is 0 Å². The minimum Gasteiger partial charge on any atom is -0.462 e. The Morgan fingerprint density at radius 2 is 1.93 bits per heavy atom. The number of benzene rings is 1. The van der Waals surface area contributed by atoms with E-state index in [2.05, 4.69) is 27.8 Å². The second-order valence-electron chi connectivity index (χ2n) is 7.13. The number of nitrogens with one attached hydrogen (secondary N) is 1. The molecule has 1 saturated carbocycles. The molecule has 144 valence electrons. The van der Waals surface area contributed by atoms with Gasteiger partial charge in [-0.05, 0) is 73.2 Å². The molecule has 1 fully saturated rings. The highest BCUT2D eigenvalue weighted by Crippen LogP contribution is 2.39. The van der Waals surface area contributed by atoms with E-state index in [4.69, 9.17) is 4.74 Å². The van der Waals surface area contributed by atoms with Gasteiger partial charge in [-0.15, -0.1) is 5.10 Å². The van der Waals surface area contributed by atoms with Crippen molar-refractivity contribution in [3.05, 3.63) is 35.7 Å². The third-order valence-electron chi connectivity index (χ3n) is 5.06. The summed E-state index contributed by atoms with van der Waals surface area (Å²) >= 11 is 0. The maximum atomic E-state index is 11.9. The van der Waals surface area contributed by atoms with Crippen LogP contribution in [0.15, 0.2) is 24.3 Å². The summed E-state index contributed by atoms with van der Waals surface area (Å²) in [5, 5.41) is 15.3. The summed E-state index contributed by atoms with van der Waals surface area (Å²) in [5.41, 5.74) is 0.617. The van der Waals surface area contributed by atoms with Gasteiger partial charge in [0.15, 0.2) is 5.82 Å². The van der Waals surface area contributed by atoms with Gasteiger partial charge in [-0.25, -0.2) is 4.79 Å². The molecule has 1 aromatic carbocycles. The molecular weight excluding hydrogens is 346 g/mol. The van der Waals surface area contributed by atoms with Crippen molar-refractivity contribution in [3.63, 3.8) is 0 Å². The van der Waals surface area contributed by atoms with E-state index in [1.54, 1.807) is 35.9 Å². The van der Waals surface area contributed by atoms with E-state index in [1.165, 1.54) is 6.92 Å². The van der Waals surface area contributed by atoms with E-state index < -0.39 is 5.54 Å². The Labute approximate surface area is 158 Å². The molecule has 1 N–H and O–H groups in total. The molecule has 3 rings (SSSR count). The summed E-state index contributed by atoms with van der Waals surface area (Å²) < 4.78 is 6.65. The number of amides is 1. The smallest absolute Gasteiger partial charge is 0.338 e. The molecule has 0 spiro atoms. The van der Waals surface area contributed by atoms with Gasteiger partial charge in [0, 0.05) is 6.92 Å². The van der Waals surface area contributed by atoms with Crippen molar-refractivity contribution in [2.24, 2.45) is 5.92 Å². The van der Waals surface area contributed by atoms with Gasteiger partial charge in [-0.3, -0.25) is 4.79 Å². The van der Waals surface area contributed by atoms with E-state index in [-0.39, 0.29) is 11.9 Å². The number of nitrogens with zero attached hydrogens (tertiary/aromatic N) is 4. The fourth-order valence-electron chi connectivity index (χ4n) is 3.61. The first kappa shape index (κ1) is 19.0. The zero-order valence-corrected chi connectivity index (χ0v) is 15.9. The highest BCUT2D eigenvalue weighted by molar-refractivity contribution is 5.89. The molecule has 0 aliphatic heterocycles. The SMILES string of the molecule is CCOC(=O)c1ccc(-n2nnnc2C2(NC(C)=O)CCC(C)CC2)cc1. The standard InChI is InChI=1S/C19H25N5O3/c1-4-27-17(26)15-5-7-16(8-6-15)24-18(21-22-23-24)19(20-14(3)25)11-9-13(2)10-12-19/h5-8,13H,4,9-12H2,1-3H3,(H,20,25). The minimum absolute atomic E-state index is 0.100. The lowest BCUT2D eigenvalue weighted by atomic mass is 9.76. The second-order valence-corrected chi connectivity index (χ2v) is 7.13. The monoisotopic (exact) mass is 371 g/mol. The first-order valence-electron chi connectivity index (χ1n) is 9.30. The Kier molecular flexibility index (Phi) is 5.53. The Morgan fingerprint density at radius 1 is 1.26 bits per heavy atom. The van der Waals surface area contributed by atoms with Crippen LogP contribution in [0.5, 0.6) is 0 Å². The number of hydrogen-bond donors (Lipinski definition) is 1. The van der Waals surface area contributed by atoms with Gasteiger partial charge in [-0.2, -0.15) is 4.68 Å². The molecule has 0 saturated heterocycles. The van der Waals surface area contributed by atoms with Crippen molar-refractivity contribution in [3.8, 4) is 5.69 Å². The number of carbonyl (C=O) groups excluding carboxylic acids is 2. The normalized spacial score (nSPS) is 22.3. The maximum Gasteiger partial charge on any atom is 0.338 e. The quantitative estimate of drug-likeness (QED) is 0.810. The average molecular weight is 371 g/mol. The number of carbonyl (C=O) groups is 2. The molecule has 1 aromatic heterocycles. The van der Waals surface area contributed by atoms with Crippen LogP contribution >= 0.6 is 0 Å². The van der Waals surface area contributed by atoms with Crippen LogP contribution in [0.1, 0.15) is 62.6 Å². The Balaban J connectivity index is 1.94. The minimum atomic E-state index is -0.582. The predicted molar refractivity (Wildman–Crippen MR) is 98.2 cm³/mol. The Bertz CT molecular complexity index is 807. The molecule has 2 aromatic rings. The van der Waals surface area contributed by atoms with E-state index in [0.717, 1.165) is 31.4 Å². The van der Waals surface area contributed by atoms with E-state index >= 15 is 0 Å². The summed E-state index contributed by atoms with van der Waals surface area (Å²) in [6, 6.07) is 6.93. The number of aromatic nitrogens is 4. The number of tetrazole rings is 1. The Morgan fingerprint density at radius 3 is 2.52 bits per heavy atom. The molecule has 8 heteroatoms. The largest absolute Gasteiger partial charge is 0.462 e. The van der Waals surface area contributed by atoms with Crippen LogP contribution in [0.3, 0.4) is 0 Å². The average Bonchev–Trinajstić information content (AvgIpc) is 3.14. The highest BCUT2D eigenvalue weighted by Gasteiger charge is 2.41. The van der Waals surface area contributed by atoms with Crippen LogP contribution in [0.2, 0.25) is 0 Å². The van der Waals surface area contributed by atoms with Crippen LogP contribution < -0.4 is 5.32 Å². The van der Waals surface area contributed by atoms with Gasteiger partial charge in [0.2, 0.25) is 5.91 Å². The zero-order valence-electron chi connectivity index (χ0n) is 15.9. The van der Waals surface area contributed by atoms with Gasteiger partial charge < -0.3 is 10.1 Å². The number of esters is 1. The molecule has 27 heavy (non-hydrogen) atoms. The van der Waals surface area contributed by atoms with Crippen LogP contribution in [-0.4, -0.2) is 38.7 Å². The topological polar surface area (TPSA) is 99.0 Å². The molecule has 0 atom stereocenters. The number of rotatable bonds is 5. The summed E-state index contributed by atoms with van der Waals surface area (Å²) in [5.74, 6) is 0.766. The van der Waals surface area contributed by atoms with Crippen LogP contribution in [0.25, 0.3) is 5.69 Å². The van der Waals surface area contributed by atoms with Crippen molar-refractivity contribution in [2.45, 2.75) is 52.0 Å². The van der Waals surface area contributed by atoms with E-state index in [1.807, 2.05) is 0 Å². The molecule has 1 aliphatic carbocycles. The van der Waals surface area contributed by atoms with Crippen LogP contribution in [-0.2, 0) is 15.1 Å². The maximum absolute atomic E-state index is 11.9. The summed E-state index contributed by atoms with van der Waals surface area (Å²) in [7, 11) is 0. The van der Waals surface area contributed by atoms with Crippen LogP contribution in [0.4, 0.5) is 0 Å². The van der Waals surface area contributed by atoms with Crippen molar-refractivity contribution < 1.29 is 14.3 Å². The van der Waals surface area contributed by atoms with Crippen molar-refractivity contribution >= 4 is 11.9 Å². The molecule has 0 unspecified atom stereocenters. The molecule has 0 radical (unpaired) electrons. The summed E-state index contributed by atoms with van der Waals surface area (Å²) in [6.45, 7) is 5.83. The molecule has 1 amide bonds. The molecule has 8 nitrogen and oxygen atoms in total. The van der Waals surface area contributed by atoms with Gasteiger partial charge in [0.05, 0.1) is 17.9 Å². The second kappa shape index (κ2) is 7.85. The number of hydrogen-bond acceptors (Lipinski definition) is 6. The van der Waals surface area contributed by atoms with Gasteiger partial charge in [0.1, 0.15) is 5.54 Å². The van der Waals surface area contributed by atoms with Crippen molar-refractivity contribution in [2.75, 3.05) is 6.61 Å². The van der Waals surface area contributed by atoms with Crippen LogP contribution in [0, 0.1) is 5.92 Å². The fourth-order valence-corrected chi connectivity index (χ4v) is 3.61. The van der Waals surface area contributed by atoms with Gasteiger partial charge in [-0.1, -0.05) is 6.92 Å². The summed E-state index contributed by atoms with van der Waals surface area (Å²) in [4.78, 5) is 23.7. The zero-order chi connectivity index (χ0) is 19.4. The predicted octanol–water partition coefficient (Wildman–Crippen LogP) is 2.38. The first-order valence-corrected chi connectivity index (χ1v) is 9.30. The molecule has 1 aliphatic rings. The van der Waals surface area contributed by atoms with Crippen molar-refractivity contribution in [1.82, 2.24) is 25.5 Å². The first-order chi connectivity index (χ1) is 12.9. The van der Waals surface area contributed by atoms with E-state index in [0.29, 0.717) is 23.9 Å². The molecule has 0 bridgehead atoms. The third kappa shape index (κ3) is 3.99. The van der Waals surface area contributed by atoms with Gasteiger partial charge in [0.25, 0.3) is 0 Å². The number of ether oxygens (including phenoxy) is 1. The highest BCUT2D eigenvalue weighted by atomic mass is 16.5. The molecular formula is C19H25N5O3. The molecule has 1 heterocycles. The summed E-state index contributed by atoms with van der Waals surface area (Å²) in [6.07, 6.45) is 3.56. The van der Waals surface area contributed by atoms with E-state index in [9.17, 15) is 9.59 Å². The fraction of sp³-hybridized carbons (Fsp3) is 0.526.